The molecule has 206 valence electrons. The van der Waals surface area contributed by atoms with Crippen LogP contribution in [0.3, 0.4) is 0 Å². The first-order chi connectivity index (χ1) is 18.4. The molecule has 1 aromatic carbocycles. The molecule has 2 N–H and O–H groups in total. The van der Waals surface area contributed by atoms with Crippen molar-refractivity contribution in [2.75, 3.05) is 30.4 Å². The molecule has 0 saturated heterocycles. The van der Waals surface area contributed by atoms with Crippen LogP contribution in [0.4, 0.5) is 35.0 Å². The molecule has 4 aliphatic rings. The number of nitrogens with zero attached hydrogens (tertiary/aromatic N) is 4. The van der Waals surface area contributed by atoms with Crippen LogP contribution < -0.4 is 10.2 Å². The Labute approximate surface area is 223 Å². The Morgan fingerprint density at radius 2 is 1.97 bits per heavy atom. The van der Waals surface area contributed by atoms with Gasteiger partial charge in [-0.2, -0.15) is 18.2 Å². The van der Waals surface area contributed by atoms with Crippen LogP contribution in [-0.2, 0) is 23.9 Å². The van der Waals surface area contributed by atoms with Crippen molar-refractivity contribution in [3.63, 3.8) is 0 Å². The summed E-state index contributed by atoms with van der Waals surface area (Å²) in [5, 5.41) is 13.1. The maximum atomic E-state index is 14.2. The Morgan fingerprint density at radius 1 is 1.21 bits per heavy atom. The topological polar surface area (TPSA) is 81.6 Å². The number of hydrogen-bond acceptors (Lipinski definition) is 6. The van der Waals surface area contributed by atoms with E-state index in [0.29, 0.717) is 17.3 Å². The second kappa shape index (κ2) is 9.04. The second-order valence-corrected chi connectivity index (χ2v) is 11.2. The molecule has 0 bridgehead atoms. The summed E-state index contributed by atoms with van der Waals surface area (Å²) in [5.41, 5.74) is 2.38. The lowest BCUT2D eigenvalue weighted by molar-refractivity contribution is -0.144. The lowest BCUT2D eigenvalue weighted by Gasteiger charge is -2.28. The number of aliphatic carboxylic acids is 1. The van der Waals surface area contributed by atoms with E-state index in [2.05, 4.69) is 33.3 Å². The van der Waals surface area contributed by atoms with Gasteiger partial charge in [0.1, 0.15) is 16.8 Å². The van der Waals surface area contributed by atoms with Crippen LogP contribution >= 0.6 is 0 Å². The maximum Gasteiger partial charge on any atom is 0.421 e. The number of benzene rings is 1. The highest BCUT2D eigenvalue weighted by molar-refractivity contribution is 5.84. The molecule has 3 heterocycles. The number of alkyl halides is 3. The van der Waals surface area contributed by atoms with Crippen molar-refractivity contribution in [2.45, 2.75) is 57.7 Å². The standard InChI is InChI=1S/C28H29F4N5O2/c1-27(25(38)39)14-37(23-6-5-17(29)10-21(23)27)24-22(28(30,31)32)12-33-26(35-24)34-18-9-16-13-36(2)8-7-19(16)20(11-18)15-3-4-15/h9-12,15H,3-8,13-14H2,1-2H3,(H,38,39)(H,33,34,35). The Balaban J connectivity index is 1.42. The van der Waals surface area contributed by atoms with E-state index in [0.717, 1.165) is 44.6 Å². The summed E-state index contributed by atoms with van der Waals surface area (Å²) in [6.07, 6.45) is 0.361. The summed E-state index contributed by atoms with van der Waals surface area (Å²) in [6.45, 7) is 2.86. The summed E-state index contributed by atoms with van der Waals surface area (Å²) in [5.74, 6) is -1.69. The first-order valence-electron chi connectivity index (χ1n) is 13.1. The quantitative estimate of drug-likeness (QED) is 0.454. The highest BCUT2D eigenvalue weighted by Gasteiger charge is 2.50. The zero-order valence-electron chi connectivity index (χ0n) is 21.7. The Kier molecular flexibility index (Phi) is 5.98. The number of fused-ring (bicyclic) bond motifs is 1. The number of halogens is 4. The fraction of sp³-hybridized carbons (Fsp3) is 0.464. The number of carboxylic acid groups (broad SMARTS) is 1. The number of hydrogen-bond donors (Lipinski definition) is 2. The van der Waals surface area contributed by atoms with E-state index in [9.17, 15) is 27.5 Å². The van der Waals surface area contributed by atoms with E-state index >= 15 is 0 Å². The van der Waals surface area contributed by atoms with E-state index in [1.54, 1.807) is 0 Å². The summed E-state index contributed by atoms with van der Waals surface area (Å²) in [6, 6.07) is 4.06. The van der Waals surface area contributed by atoms with E-state index in [1.165, 1.54) is 28.5 Å². The maximum absolute atomic E-state index is 14.2. The monoisotopic (exact) mass is 543 g/mol. The molecule has 11 heteroatoms. The van der Waals surface area contributed by atoms with Crippen LogP contribution in [0.5, 0.6) is 0 Å². The van der Waals surface area contributed by atoms with Crippen LogP contribution in [0, 0.1) is 5.41 Å². The van der Waals surface area contributed by atoms with Gasteiger partial charge < -0.3 is 20.2 Å². The average Bonchev–Trinajstić information content (AvgIpc) is 3.67. The third-order valence-corrected chi connectivity index (χ3v) is 8.24. The van der Waals surface area contributed by atoms with Crippen LogP contribution in [0.2, 0.25) is 0 Å². The van der Waals surface area contributed by atoms with Gasteiger partial charge in [-0.3, -0.25) is 4.79 Å². The normalized spacial score (nSPS) is 23.4. The van der Waals surface area contributed by atoms with Crippen molar-refractivity contribution < 1.29 is 27.5 Å². The zero-order valence-corrected chi connectivity index (χ0v) is 21.7. The minimum Gasteiger partial charge on any atom is -0.481 e. The molecule has 1 atom stereocenters. The van der Waals surface area contributed by atoms with Gasteiger partial charge in [0.05, 0.1) is 0 Å². The highest BCUT2D eigenvalue weighted by Crippen LogP contribution is 2.49. The lowest BCUT2D eigenvalue weighted by Crippen LogP contribution is -2.35. The van der Waals surface area contributed by atoms with Crippen molar-refractivity contribution in [3.8, 4) is 0 Å². The van der Waals surface area contributed by atoms with Gasteiger partial charge in [0.25, 0.3) is 0 Å². The van der Waals surface area contributed by atoms with E-state index in [-0.39, 0.29) is 30.9 Å². The third-order valence-electron chi connectivity index (χ3n) is 8.24. The number of allylic oxidation sites excluding steroid dienone is 3. The van der Waals surface area contributed by atoms with Crippen LogP contribution in [0.1, 0.15) is 60.8 Å². The van der Waals surface area contributed by atoms with Crippen LogP contribution in [0.15, 0.2) is 41.5 Å². The molecule has 1 unspecified atom stereocenters. The van der Waals surface area contributed by atoms with Gasteiger partial charge in [-0.05, 0) is 86.0 Å². The van der Waals surface area contributed by atoms with Crippen molar-refractivity contribution >= 4 is 23.4 Å². The van der Waals surface area contributed by atoms with E-state index in [1.807, 2.05) is 6.07 Å². The predicted octanol–water partition coefficient (Wildman–Crippen LogP) is 5.92. The van der Waals surface area contributed by atoms with Gasteiger partial charge in [-0.1, -0.05) is 0 Å². The molecule has 0 spiro atoms. The van der Waals surface area contributed by atoms with Gasteiger partial charge in [-0.15, -0.1) is 0 Å². The number of carboxylic acids is 1. The van der Waals surface area contributed by atoms with Gasteiger partial charge >= 0.3 is 12.1 Å². The Morgan fingerprint density at radius 3 is 2.67 bits per heavy atom. The van der Waals surface area contributed by atoms with Gasteiger partial charge in [-0.25, -0.2) is 9.37 Å². The van der Waals surface area contributed by atoms with E-state index < -0.39 is 34.8 Å². The van der Waals surface area contributed by atoms with Crippen LogP contribution in [0.25, 0.3) is 0 Å². The van der Waals surface area contributed by atoms with Crippen LogP contribution in [-0.4, -0.2) is 46.1 Å². The molecule has 6 rings (SSSR count). The number of nitrogens with one attached hydrogen (secondary N) is 1. The largest absolute Gasteiger partial charge is 0.481 e. The van der Waals surface area contributed by atoms with Crippen molar-refractivity contribution in [1.82, 2.24) is 14.9 Å². The van der Waals surface area contributed by atoms with Gasteiger partial charge in [0.15, 0.2) is 5.82 Å². The lowest BCUT2D eigenvalue weighted by atomic mass is 9.81. The minimum absolute atomic E-state index is 0.0178. The number of rotatable bonds is 5. The highest BCUT2D eigenvalue weighted by atomic mass is 19.4. The Hall–Kier alpha value is -3.47. The third kappa shape index (κ3) is 4.56. The Bertz CT molecular complexity index is 1430. The predicted molar refractivity (Wildman–Crippen MR) is 137 cm³/mol. The molecule has 1 saturated carbocycles. The SMILES string of the molecule is CN1CCc2c(cc(Nc3ncc(C(F)(F)F)c(N4CC(C)(C(=O)O)C5=C4CCC(F)=C5)n3)cc2C2CC2)C1. The zero-order chi connectivity index (χ0) is 27.7. The first kappa shape index (κ1) is 25.8. The van der Waals surface area contributed by atoms with Crippen molar-refractivity contribution in [3.05, 3.63) is 63.8 Å². The molecule has 1 aromatic heterocycles. The number of aromatic nitrogens is 2. The van der Waals surface area contributed by atoms with Gasteiger partial charge in [0.2, 0.25) is 5.95 Å². The van der Waals surface area contributed by atoms with Crippen molar-refractivity contribution in [1.29, 1.82) is 0 Å². The summed E-state index contributed by atoms with van der Waals surface area (Å²) >= 11 is 0. The van der Waals surface area contributed by atoms with Crippen molar-refractivity contribution in [2.24, 2.45) is 5.41 Å². The summed E-state index contributed by atoms with van der Waals surface area (Å²) < 4.78 is 56.6. The number of likely N-dealkylation sites (N-methyl/N-ethyl adjacent to an activating group) is 1. The van der Waals surface area contributed by atoms with E-state index in [4.69, 9.17) is 0 Å². The molecular formula is C28H29F4N5O2. The summed E-state index contributed by atoms with van der Waals surface area (Å²) in [7, 11) is 2.06. The molecule has 0 radical (unpaired) electrons. The molecule has 0 amide bonds. The number of carbonyl (C=O) groups is 1. The molecule has 7 nitrogen and oxygen atoms in total. The molecular weight excluding hydrogens is 514 g/mol. The number of anilines is 3. The molecule has 2 aromatic rings. The smallest absolute Gasteiger partial charge is 0.421 e. The minimum atomic E-state index is -4.78. The average molecular weight is 544 g/mol. The second-order valence-electron chi connectivity index (χ2n) is 11.2. The van der Waals surface area contributed by atoms with Gasteiger partial charge in [0, 0.05) is 43.6 Å². The molecule has 2 aliphatic heterocycles. The molecule has 2 aliphatic carbocycles. The fourth-order valence-electron chi connectivity index (χ4n) is 6.00. The fourth-order valence-corrected chi connectivity index (χ4v) is 6.00. The molecule has 39 heavy (non-hydrogen) atoms. The summed E-state index contributed by atoms with van der Waals surface area (Å²) in [4.78, 5) is 24.0. The first-order valence-corrected chi connectivity index (χ1v) is 13.1. The molecule has 1 fully saturated rings.